The fraction of sp³-hybridized carbons (Fsp3) is 0.364. The number of fused-ring (bicyclic) bond motifs is 1. The molecule has 0 saturated carbocycles. The molecule has 0 radical (unpaired) electrons. The predicted molar refractivity (Wildman–Crippen MR) is 104 cm³/mol. The molecule has 2 aromatic carbocycles. The van der Waals surface area contributed by atoms with Gasteiger partial charge in [0.1, 0.15) is 11.2 Å². The van der Waals surface area contributed by atoms with Gasteiger partial charge in [-0.15, -0.1) is 13.2 Å². The monoisotopic (exact) mass is 418 g/mol. The number of hydrogen-bond acceptors (Lipinski definition) is 4. The van der Waals surface area contributed by atoms with Gasteiger partial charge in [-0.25, -0.2) is 0 Å². The van der Waals surface area contributed by atoms with E-state index in [9.17, 15) is 22.8 Å². The molecule has 0 unspecified atom stereocenters. The van der Waals surface area contributed by atoms with Crippen LogP contribution in [0.25, 0.3) is 0 Å². The van der Waals surface area contributed by atoms with Crippen LogP contribution in [0.2, 0.25) is 0 Å². The molecule has 2 saturated heterocycles. The van der Waals surface area contributed by atoms with Gasteiger partial charge in [0.2, 0.25) is 5.91 Å². The highest BCUT2D eigenvalue weighted by Crippen LogP contribution is 2.43. The molecule has 4 rings (SSSR count). The molecule has 0 aliphatic carbocycles. The van der Waals surface area contributed by atoms with Crippen LogP contribution in [0.15, 0.2) is 54.6 Å². The van der Waals surface area contributed by atoms with Crippen LogP contribution in [-0.2, 0) is 16.0 Å². The quantitative estimate of drug-likeness (QED) is 0.757. The van der Waals surface area contributed by atoms with E-state index in [4.69, 9.17) is 0 Å². The second-order valence-corrected chi connectivity index (χ2v) is 7.67. The fourth-order valence-electron chi connectivity index (χ4n) is 4.45. The van der Waals surface area contributed by atoms with Crippen molar-refractivity contribution < 1.29 is 27.5 Å². The van der Waals surface area contributed by atoms with E-state index < -0.39 is 11.8 Å². The van der Waals surface area contributed by atoms with Crippen LogP contribution in [-0.4, -0.2) is 37.7 Å². The first-order valence-corrected chi connectivity index (χ1v) is 9.75. The Bertz CT molecular complexity index is 931. The molecule has 0 aromatic heterocycles. The summed E-state index contributed by atoms with van der Waals surface area (Å²) in [6.07, 6.45) is -3.98. The number of hydrogen-bond donors (Lipinski definition) is 1. The van der Waals surface area contributed by atoms with Crippen molar-refractivity contribution in [2.75, 3.05) is 24.5 Å². The van der Waals surface area contributed by atoms with Gasteiger partial charge < -0.3 is 15.0 Å². The predicted octanol–water partition coefficient (Wildman–Crippen LogP) is 3.34. The summed E-state index contributed by atoms with van der Waals surface area (Å²) < 4.78 is 41.1. The lowest BCUT2D eigenvalue weighted by molar-refractivity contribution is -0.274. The van der Waals surface area contributed by atoms with E-state index in [1.807, 2.05) is 30.3 Å². The number of benzene rings is 2. The molecule has 5 nitrogen and oxygen atoms in total. The largest absolute Gasteiger partial charge is 0.573 e. The Labute approximate surface area is 171 Å². The molecule has 0 bridgehead atoms. The normalized spacial score (nSPS) is 23.9. The highest BCUT2D eigenvalue weighted by atomic mass is 19.4. The van der Waals surface area contributed by atoms with Crippen molar-refractivity contribution in [1.29, 1.82) is 0 Å². The summed E-state index contributed by atoms with van der Waals surface area (Å²) in [5.74, 6) is -0.874. The number of nitrogens with zero attached hydrogens (tertiary/aromatic N) is 1. The number of nitrogens with one attached hydrogen (secondary N) is 1. The molecular weight excluding hydrogens is 397 g/mol. The number of ketones is 1. The minimum Gasteiger partial charge on any atom is -0.406 e. The van der Waals surface area contributed by atoms with Gasteiger partial charge >= 0.3 is 6.36 Å². The van der Waals surface area contributed by atoms with E-state index in [1.54, 1.807) is 0 Å². The smallest absolute Gasteiger partial charge is 0.406 e. The zero-order chi connectivity index (χ0) is 21.4. The van der Waals surface area contributed by atoms with E-state index in [-0.39, 0.29) is 36.3 Å². The van der Waals surface area contributed by atoms with Gasteiger partial charge in [-0.3, -0.25) is 9.59 Å². The van der Waals surface area contributed by atoms with Crippen LogP contribution in [0.5, 0.6) is 5.75 Å². The minimum absolute atomic E-state index is 0.0923. The zero-order valence-corrected chi connectivity index (χ0v) is 16.1. The second-order valence-electron chi connectivity index (χ2n) is 7.67. The maximum Gasteiger partial charge on any atom is 0.573 e. The van der Waals surface area contributed by atoms with E-state index in [2.05, 4.69) is 10.1 Å². The molecule has 1 N–H and O–H groups in total. The molecule has 2 atom stereocenters. The summed E-state index contributed by atoms with van der Waals surface area (Å²) in [6.45, 7) is 1.28. The molecule has 2 fully saturated rings. The number of carbonyl (C=O) groups excluding carboxylic acids is 2. The molecule has 8 heteroatoms. The highest BCUT2D eigenvalue weighted by Gasteiger charge is 2.58. The minimum atomic E-state index is -4.78. The van der Waals surface area contributed by atoms with Crippen molar-refractivity contribution in [3.8, 4) is 5.75 Å². The molecule has 30 heavy (non-hydrogen) atoms. The Morgan fingerprint density at radius 1 is 1.13 bits per heavy atom. The first kappa shape index (κ1) is 20.4. The standard InChI is InChI=1S/C22H21F3N2O3/c23-22(24,25)30-18-8-6-17(7-9-18)27-11-10-16-13-26-14-21(16,20(27)29)19(28)12-15-4-2-1-3-5-15/h1-9,16,26H,10-14H2/t16-,21+/m0/s1. The number of alkyl halides is 3. The van der Waals surface area contributed by atoms with Crippen LogP contribution in [0.1, 0.15) is 12.0 Å². The van der Waals surface area contributed by atoms with Crippen molar-refractivity contribution in [3.05, 3.63) is 60.2 Å². The molecule has 2 aliphatic rings. The third kappa shape index (κ3) is 3.79. The summed E-state index contributed by atoms with van der Waals surface area (Å²) in [4.78, 5) is 28.4. The lowest BCUT2D eigenvalue weighted by Crippen LogP contribution is -2.58. The Kier molecular flexibility index (Phi) is 5.27. The van der Waals surface area contributed by atoms with Crippen LogP contribution in [0.3, 0.4) is 0 Å². The number of carbonyl (C=O) groups is 2. The maximum absolute atomic E-state index is 13.5. The topological polar surface area (TPSA) is 58.6 Å². The SMILES string of the molecule is O=C(Cc1ccccc1)[C@@]12CNC[C@@H]1CCN(c1ccc(OC(F)(F)F)cc1)C2=O. The van der Waals surface area contributed by atoms with Crippen molar-refractivity contribution in [1.82, 2.24) is 5.32 Å². The van der Waals surface area contributed by atoms with Gasteiger partial charge in [-0.2, -0.15) is 0 Å². The number of anilines is 1. The van der Waals surface area contributed by atoms with E-state index in [0.29, 0.717) is 25.2 Å². The van der Waals surface area contributed by atoms with Gasteiger partial charge in [0.15, 0.2) is 5.78 Å². The molecule has 2 heterocycles. The number of amides is 1. The number of rotatable bonds is 5. The Morgan fingerprint density at radius 3 is 2.50 bits per heavy atom. The van der Waals surface area contributed by atoms with Crippen LogP contribution in [0, 0.1) is 11.3 Å². The Morgan fingerprint density at radius 2 is 1.83 bits per heavy atom. The van der Waals surface area contributed by atoms with Gasteiger partial charge in [0, 0.05) is 25.2 Å². The summed E-state index contributed by atoms with van der Waals surface area (Å²) in [6, 6.07) is 14.5. The van der Waals surface area contributed by atoms with Crippen LogP contribution >= 0.6 is 0 Å². The summed E-state index contributed by atoms with van der Waals surface area (Å²) in [5, 5.41) is 3.20. The van der Waals surface area contributed by atoms with E-state index >= 15 is 0 Å². The first-order valence-electron chi connectivity index (χ1n) is 9.75. The van der Waals surface area contributed by atoms with Gasteiger partial charge in [0.05, 0.1) is 0 Å². The van der Waals surface area contributed by atoms with Crippen molar-refractivity contribution in [2.24, 2.45) is 11.3 Å². The maximum atomic E-state index is 13.5. The summed E-state index contributed by atoms with van der Waals surface area (Å²) in [5.41, 5.74) is 0.141. The average Bonchev–Trinajstić information content (AvgIpc) is 3.15. The molecule has 2 aliphatic heterocycles. The van der Waals surface area contributed by atoms with Gasteiger partial charge in [0.25, 0.3) is 0 Å². The number of piperidine rings is 1. The average molecular weight is 418 g/mol. The molecule has 0 spiro atoms. The van der Waals surface area contributed by atoms with Crippen molar-refractivity contribution in [3.63, 3.8) is 0 Å². The zero-order valence-electron chi connectivity index (χ0n) is 16.1. The van der Waals surface area contributed by atoms with E-state index in [1.165, 1.54) is 29.2 Å². The van der Waals surface area contributed by atoms with Crippen molar-refractivity contribution in [2.45, 2.75) is 19.2 Å². The highest BCUT2D eigenvalue weighted by molar-refractivity contribution is 6.14. The number of ether oxygens (including phenoxy) is 1. The van der Waals surface area contributed by atoms with Crippen LogP contribution < -0.4 is 15.0 Å². The second kappa shape index (κ2) is 7.75. The lowest BCUT2D eigenvalue weighted by Gasteiger charge is -2.42. The van der Waals surface area contributed by atoms with Crippen molar-refractivity contribution >= 4 is 17.4 Å². The molecule has 2 aromatic rings. The van der Waals surface area contributed by atoms with Crippen LogP contribution in [0.4, 0.5) is 18.9 Å². The van der Waals surface area contributed by atoms with E-state index in [0.717, 1.165) is 5.56 Å². The summed E-state index contributed by atoms with van der Waals surface area (Å²) >= 11 is 0. The Balaban J connectivity index is 1.58. The van der Waals surface area contributed by atoms with Gasteiger partial charge in [-0.05, 0) is 48.7 Å². The Hall–Kier alpha value is -2.87. The molecule has 158 valence electrons. The fourth-order valence-corrected chi connectivity index (χ4v) is 4.45. The number of halogens is 3. The number of Topliss-reactive ketones (excluding diaryl/α,β-unsaturated/α-hetero) is 1. The summed E-state index contributed by atoms with van der Waals surface area (Å²) in [7, 11) is 0. The molecule has 1 amide bonds. The third-order valence-corrected chi connectivity index (χ3v) is 5.91. The third-order valence-electron chi connectivity index (χ3n) is 5.91. The van der Waals surface area contributed by atoms with Gasteiger partial charge in [-0.1, -0.05) is 30.3 Å². The first-order chi connectivity index (χ1) is 14.3. The molecular formula is C22H21F3N2O3. The lowest BCUT2D eigenvalue weighted by atomic mass is 9.68.